The van der Waals surface area contributed by atoms with Gasteiger partial charge >= 0.3 is 0 Å². The molecule has 0 unspecified atom stereocenters. The first-order chi connectivity index (χ1) is 9.86. The van der Waals surface area contributed by atoms with E-state index in [9.17, 15) is 8.42 Å². The van der Waals surface area contributed by atoms with E-state index in [4.69, 9.17) is 0 Å². The Hall–Kier alpha value is -0.430. The number of rotatable bonds is 7. The van der Waals surface area contributed by atoms with E-state index in [1.54, 1.807) is 13.1 Å². The quantitative estimate of drug-likeness (QED) is 0.797. The first kappa shape index (κ1) is 16.9. The highest BCUT2D eigenvalue weighted by atomic mass is 79.9. The first-order valence-corrected chi connectivity index (χ1v) is 9.58. The summed E-state index contributed by atoms with van der Waals surface area (Å²) in [6, 6.07) is 4.43. The van der Waals surface area contributed by atoms with Gasteiger partial charge in [0.15, 0.2) is 0 Å². The van der Waals surface area contributed by atoms with Crippen molar-refractivity contribution in [2.45, 2.75) is 50.6 Å². The first-order valence-electron chi connectivity index (χ1n) is 7.35. The molecule has 0 bridgehead atoms. The Morgan fingerprint density at radius 1 is 1.38 bits per heavy atom. The predicted molar refractivity (Wildman–Crippen MR) is 88.8 cm³/mol. The standard InChI is InChI=1S/C15H23BrN2O2S/c1-4-7-18(3)21(19,20)14-9-12(8-11(2)15(14)16)10-17-13-5-6-13/h8-9,13,17H,4-7,10H2,1-3H3. The van der Waals surface area contributed by atoms with Gasteiger partial charge in [-0.25, -0.2) is 12.7 Å². The van der Waals surface area contributed by atoms with Crippen LogP contribution in [0.1, 0.15) is 37.3 Å². The van der Waals surface area contributed by atoms with Gasteiger partial charge in [-0.2, -0.15) is 0 Å². The van der Waals surface area contributed by atoms with Crippen molar-refractivity contribution in [3.05, 3.63) is 27.7 Å². The SMILES string of the molecule is CCCN(C)S(=O)(=O)c1cc(CNC2CC2)cc(C)c1Br. The third kappa shape index (κ3) is 4.06. The van der Waals surface area contributed by atoms with Crippen LogP contribution in [0.25, 0.3) is 0 Å². The lowest BCUT2D eigenvalue weighted by atomic mass is 10.1. The molecule has 0 radical (unpaired) electrons. The van der Waals surface area contributed by atoms with E-state index in [2.05, 4.69) is 21.2 Å². The van der Waals surface area contributed by atoms with Crippen LogP contribution >= 0.6 is 15.9 Å². The maximum atomic E-state index is 12.7. The van der Waals surface area contributed by atoms with Crippen molar-refractivity contribution in [1.82, 2.24) is 9.62 Å². The van der Waals surface area contributed by atoms with Crippen LogP contribution in [-0.4, -0.2) is 32.4 Å². The van der Waals surface area contributed by atoms with E-state index in [1.165, 1.54) is 17.1 Å². The van der Waals surface area contributed by atoms with Gasteiger partial charge in [-0.05, 0) is 59.3 Å². The van der Waals surface area contributed by atoms with Crippen LogP contribution in [-0.2, 0) is 16.6 Å². The van der Waals surface area contributed by atoms with Crippen molar-refractivity contribution >= 4 is 26.0 Å². The molecule has 6 heteroatoms. The summed E-state index contributed by atoms with van der Waals surface area (Å²) in [7, 11) is -1.81. The van der Waals surface area contributed by atoms with Gasteiger partial charge in [0.25, 0.3) is 0 Å². The van der Waals surface area contributed by atoms with Crippen molar-refractivity contribution in [3.63, 3.8) is 0 Å². The number of hydrogen-bond donors (Lipinski definition) is 1. The van der Waals surface area contributed by atoms with Crippen LogP contribution < -0.4 is 5.32 Å². The van der Waals surface area contributed by atoms with Crippen LogP contribution in [0, 0.1) is 6.92 Å². The molecule has 0 amide bonds. The van der Waals surface area contributed by atoms with Gasteiger partial charge in [-0.3, -0.25) is 0 Å². The zero-order valence-corrected chi connectivity index (χ0v) is 15.2. The van der Waals surface area contributed by atoms with E-state index >= 15 is 0 Å². The lowest BCUT2D eigenvalue weighted by Crippen LogP contribution is -2.28. The summed E-state index contributed by atoms with van der Waals surface area (Å²) in [6.45, 7) is 5.16. The highest BCUT2D eigenvalue weighted by molar-refractivity contribution is 9.10. The number of aryl methyl sites for hydroxylation is 1. The van der Waals surface area contributed by atoms with E-state index in [0.717, 1.165) is 24.1 Å². The third-order valence-corrected chi connectivity index (χ3v) is 6.88. The van der Waals surface area contributed by atoms with E-state index in [1.807, 2.05) is 19.9 Å². The molecule has 0 aromatic heterocycles. The highest BCUT2D eigenvalue weighted by Crippen LogP contribution is 2.30. The molecule has 0 spiro atoms. The zero-order chi connectivity index (χ0) is 15.6. The minimum atomic E-state index is -3.44. The molecule has 1 aromatic rings. The fraction of sp³-hybridized carbons (Fsp3) is 0.600. The second-order valence-electron chi connectivity index (χ2n) is 5.71. The van der Waals surface area contributed by atoms with Gasteiger partial charge in [-0.1, -0.05) is 13.0 Å². The Balaban J connectivity index is 2.31. The monoisotopic (exact) mass is 374 g/mol. The third-order valence-electron chi connectivity index (χ3n) is 3.68. The number of nitrogens with zero attached hydrogens (tertiary/aromatic N) is 1. The molecule has 1 aromatic carbocycles. The number of sulfonamides is 1. The fourth-order valence-corrected chi connectivity index (χ4v) is 4.54. The molecular formula is C15H23BrN2O2S. The molecule has 1 saturated carbocycles. The van der Waals surface area contributed by atoms with Gasteiger partial charge in [0.2, 0.25) is 10.0 Å². The Kier molecular flexibility index (Phi) is 5.46. The Morgan fingerprint density at radius 2 is 2.05 bits per heavy atom. The molecular weight excluding hydrogens is 352 g/mol. The van der Waals surface area contributed by atoms with Crippen LogP contribution in [0.3, 0.4) is 0 Å². The number of halogens is 1. The Morgan fingerprint density at radius 3 is 2.62 bits per heavy atom. The lowest BCUT2D eigenvalue weighted by molar-refractivity contribution is 0.468. The van der Waals surface area contributed by atoms with Crippen molar-refractivity contribution in [2.24, 2.45) is 0 Å². The molecule has 2 rings (SSSR count). The normalized spacial score (nSPS) is 15.7. The second-order valence-corrected chi connectivity index (χ2v) is 8.51. The summed E-state index contributed by atoms with van der Waals surface area (Å²) >= 11 is 3.44. The Bertz CT molecular complexity index is 612. The van der Waals surface area contributed by atoms with Crippen LogP contribution in [0.2, 0.25) is 0 Å². The maximum Gasteiger partial charge on any atom is 0.243 e. The van der Waals surface area contributed by atoms with Gasteiger partial charge in [-0.15, -0.1) is 0 Å². The molecule has 0 aliphatic heterocycles. The van der Waals surface area contributed by atoms with Crippen LogP contribution in [0.15, 0.2) is 21.5 Å². The molecule has 1 fully saturated rings. The summed E-state index contributed by atoms with van der Waals surface area (Å²) in [5.74, 6) is 0. The average Bonchev–Trinajstić information content (AvgIpc) is 3.24. The second kappa shape index (κ2) is 6.77. The van der Waals surface area contributed by atoms with Gasteiger partial charge in [0.05, 0.1) is 4.90 Å². The minimum Gasteiger partial charge on any atom is -0.310 e. The van der Waals surface area contributed by atoms with Crippen molar-refractivity contribution < 1.29 is 8.42 Å². The lowest BCUT2D eigenvalue weighted by Gasteiger charge is -2.19. The molecule has 118 valence electrons. The minimum absolute atomic E-state index is 0.367. The topological polar surface area (TPSA) is 49.4 Å². The maximum absolute atomic E-state index is 12.7. The van der Waals surface area contributed by atoms with Gasteiger partial charge in [0, 0.05) is 30.7 Å². The smallest absolute Gasteiger partial charge is 0.243 e. The predicted octanol–water partition coefficient (Wildman–Crippen LogP) is 3.04. The summed E-state index contributed by atoms with van der Waals surface area (Å²) in [6.07, 6.45) is 3.25. The zero-order valence-electron chi connectivity index (χ0n) is 12.8. The van der Waals surface area contributed by atoms with Crippen molar-refractivity contribution in [1.29, 1.82) is 0 Å². The van der Waals surface area contributed by atoms with Gasteiger partial charge < -0.3 is 5.32 Å². The fourth-order valence-electron chi connectivity index (χ4n) is 2.25. The largest absolute Gasteiger partial charge is 0.310 e. The van der Waals surface area contributed by atoms with E-state index in [-0.39, 0.29) is 0 Å². The van der Waals surface area contributed by atoms with E-state index in [0.29, 0.717) is 22.0 Å². The number of nitrogens with one attached hydrogen (secondary N) is 1. The number of benzene rings is 1. The summed E-state index contributed by atoms with van der Waals surface area (Å²) in [4.78, 5) is 0.367. The van der Waals surface area contributed by atoms with Gasteiger partial charge in [0.1, 0.15) is 0 Å². The highest BCUT2D eigenvalue weighted by Gasteiger charge is 2.25. The Labute approximate surface area is 136 Å². The molecule has 0 atom stereocenters. The van der Waals surface area contributed by atoms with E-state index < -0.39 is 10.0 Å². The molecule has 0 heterocycles. The van der Waals surface area contributed by atoms with Crippen LogP contribution in [0.4, 0.5) is 0 Å². The molecule has 4 nitrogen and oxygen atoms in total. The molecule has 1 aliphatic carbocycles. The summed E-state index contributed by atoms with van der Waals surface area (Å²) in [5.41, 5.74) is 1.97. The average molecular weight is 375 g/mol. The van der Waals surface area contributed by atoms with Crippen molar-refractivity contribution in [2.75, 3.05) is 13.6 Å². The van der Waals surface area contributed by atoms with Crippen molar-refractivity contribution in [3.8, 4) is 0 Å². The number of hydrogen-bond acceptors (Lipinski definition) is 3. The summed E-state index contributed by atoms with van der Waals surface area (Å²) < 4.78 is 27.4. The van der Waals surface area contributed by atoms with Crippen LogP contribution in [0.5, 0.6) is 0 Å². The molecule has 1 aliphatic rings. The molecule has 1 N–H and O–H groups in total. The molecule has 0 saturated heterocycles. The molecule has 21 heavy (non-hydrogen) atoms. The summed E-state index contributed by atoms with van der Waals surface area (Å²) in [5, 5.41) is 3.43.